The van der Waals surface area contributed by atoms with E-state index >= 15 is 0 Å². The first-order valence-corrected chi connectivity index (χ1v) is 11.3. The molecular formula is C24H40O5. The summed E-state index contributed by atoms with van der Waals surface area (Å²) >= 11 is 0. The van der Waals surface area contributed by atoms with Gasteiger partial charge in [-0.2, -0.15) is 0 Å². The predicted octanol–water partition coefficient (Wildman–Crippen LogP) is 5.12. The van der Waals surface area contributed by atoms with Crippen molar-refractivity contribution in [3.05, 3.63) is 24.3 Å². The number of rotatable bonds is 15. The number of unbranched alkanes of at least 4 members (excludes halogenated alkanes) is 5. The van der Waals surface area contributed by atoms with Crippen LogP contribution in [0.25, 0.3) is 0 Å². The summed E-state index contributed by atoms with van der Waals surface area (Å²) in [4.78, 5) is 22.4. The Morgan fingerprint density at radius 1 is 1.10 bits per heavy atom. The van der Waals surface area contributed by atoms with E-state index < -0.39 is 6.10 Å². The highest BCUT2D eigenvalue weighted by Gasteiger charge is 2.41. The molecule has 0 aromatic rings. The molecule has 0 aromatic carbocycles. The van der Waals surface area contributed by atoms with Crippen LogP contribution in [0.2, 0.25) is 0 Å². The van der Waals surface area contributed by atoms with E-state index in [1.54, 1.807) is 0 Å². The van der Waals surface area contributed by atoms with Crippen LogP contribution in [0.15, 0.2) is 24.3 Å². The molecule has 5 nitrogen and oxygen atoms in total. The van der Waals surface area contributed by atoms with Crippen molar-refractivity contribution in [2.45, 2.75) is 103 Å². The van der Waals surface area contributed by atoms with Gasteiger partial charge in [0.05, 0.1) is 12.2 Å². The zero-order valence-electron chi connectivity index (χ0n) is 18.4. The van der Waals surface area contributed by atoms with Crippen molar-refractivity contribution < 1.29 is 24.2 Å². The second kappa shape index (κ2) is 15.3. The van der Waals surface area contributed by atoms with Crippen LogP contribution in [-0.2, 0) is 19.1 Å². The summed E-state index contributed by atoms with van der Waals surface area (Å²) in [7, 11) is 0. The molecule has 1 saturated carbocycles. The molecule has 0 unspecified atom stereocenters. The van der Waals surface area contributed by atoms with E-state index in [2.05, 4.69) is 31.2 Å². The molecule has 0 aromatic heterocycles. The minimum atomic E-state index is -0.476. The molecule has 1 aliphatic carbocycles. The summed E-state index contributed by atoms with van der Waals surface area (Å²) in [5, 5.41) is 10.4. The van der Waals surface area contributed by atoms with Gasteiger partial charge in [-0.25, -0.2) is 0 Å². The average Bonchev–Trinajstić information content (AvgIpc) is 2.95. The molecule has 0 heterocycles. The largest absolute Gasteiger partial charge is 0.464 e. The lowest BCUT2D eigenvalue weighted by Gasteiger charge is -2.21. The Bertz CT molecular complexity index is 511. The molecule has 0 saturated heterocycles. The van der Waals surface area contributed by atoms with E-state index in [1.165, 1.54) is 25.7 Å². The molecule has 0 spiro atoms. The van der Waals surface area contributed by atoms with Gasteiger partial charge in [-0.3, -0.25) is 9.59 Å². The number of ether oxygens (including phenoxy) is 2. The van der Waals surface area contributed by atoms with Crippen molar-refractivity contribution >= 4 is 12.4 Å². The molecule has 166 valence electrons. The second-order valence-corrected chi connectivity index (χ2v) is 8.23. The topological polar surface area (TPSA) is 72.8 Å². The fraction of sp³-hybridized carbons (Fsp3) is 0.750. The van der Waals surface area contributed by atoms with Gasteiger partial charge in [-0.05, 0) is 46.0 Å². The number of allylic oxidation sites excluding steroid dienone is 3. The molecule has 0 amide bonds. The fourth-order valence-corrected chi connectivity index (χ4v) is 3.91. The quantitative estimate of drug-likeness (QED) is 0.176. The van der Waals surface area contributed by atoms with Gasteiger partial charge in [0.1, 0.15) is 6.10 Å². The summed E-state index contributed by atoms with van der Waals surface area (Å²) in [6, 6.07) is 0. The first kappa shape index (κ1) is 25.4. The maximum atomic E-state index is 11.5. The Morgan fingerprint density at radius 3 is 2.55 bits per heavy atom. The molecule has 5 heteroatoms. The Hall–Kier alpha value is -1.62. The lowest BCUT2D eigenvalue weighted by molar-refractivity contribution is -0.147. The zero-order chi connectivity index (χ0) is 21.5. The van der Waals surface area contributed by atoms with Gasteiger partial charge in [-0.15, -0.1) is 0 Å². The van der Waals surface area contributed by atoms with E-state index in [0.29, 0.717) is 19.3 Å². The third-order valence-electron chi connectivity index (χ3n) is 5.40. The van der Waals surface area contributed by atoms with Crippen molar-refractivity contribution in [1.29, 1.82) is 0 Å². The highest BCUT2D eigenvalue weighted by molar-refractivity contribution is 5.69. The molecule has 1 fully saturated rings. The average molecular weight is 409 g/mol. The Kier molecular flexibility index (Phi) is 13.4. The summed E-state index contributed by atoms with van der Waals surface area (Å²) in [6.45, 7) is 6.39. The summed E-state index contributed by atoms with van der Waals surface area (Å²) in [5.74, 6) is -0.0584. The third kappa shape index (κ3) is 10.6. The Labute approximate surface area is 176 Å². The minimum absolute atomic E-state index is 0.0109. The zero-order valence-corrected chi connectivity index (χ0v) is 18.4. The van der Waals surface area contributed by atoms with Crippen LogP contribution in [0.1, 0.15) is 85.0 Å². The SMILES string of the molecule is CCCCCC/C=C/[C@@H]1[C@@H](C/C=C\CCCC(=O)OC(C)C)[C@@H](OC=O)C[C@H]1O. The van der Waals surface area contributed by atoms with E-state index in [0.717, 1.165) is 25.7 Å². The number of carbonyl (C=O) groups is 2. The summed E-state index contributed by atoms with van der Waals surface area (Å²) in [6.07, 6.45) is 16.8. The number of aliphatic hydroxyl groups excluding tert-OH is 1. The van der Waals surface area contributed by atoms with Crippen LogP contribution in [0.3, 0.4) is 0 Å². The number of carbonyl (C=O) groups excluding carboxylic acids is 2. The van der Waals surface area contributed by atoms with Crippen LogP contribution in [0.4, 0.5) is 0 Å². The van der Waals surface area contributed by atoms with E-state index in [-0.39, 0.29) is 30.0 Å². The van der Waals surface area contributed by atoms with Gasteiger partial charge in [0.2, 0.25) is 0 Å². The summed E-state index contributed by atoms with van der Waals surface area (Å²) < 4.78 is 10.4. The van der Waals surface area contributed by atoms with E-state index in [4.69, 9.17) is 9.47 Å². The predicted molar refractivity (Wildman–Crippen MR) is 115 cm³/mol. The highest BCUT2D eigenvalue weighted by atomic mass is 16.5. The number of hydrogen-bond acceptors (Lipinski definition) is 5. The maximum absolute atomic E-state index is 11.5. The molecule has 1 N–H and O–H groups in total. The monoisotopic (exact) mass is 408 g/mol. The van der Waals surface area contributed by atoms with Crippen molar-refractivity contribution in [3.63, 3.8) is 0 Å². The molecule has 1 aliphatic rings. The Morgan fingerprint density at radius 2 is 1.86 bits per heavy atom. The second-order valence-electron chi connectivity index (χ2n) is 8.23. The first-order valence-electron chi connectivity index (χ1n) is 11.3. The Balaban J connectivity index is 2.47. The molecular weight excluding hydrogens is 368 g/mol. The van der Waals surface area contributed by atoms with Gasteiger partial charge in [-0.1, -0.05) is 50.5 Å². The van der Waals surface area contributed by atoms with Gasteiger partial charge in [0.15, 0.2) is 0 Å². The molecule has 1 rings (SSSR count). The lowest BCUT2D eigenvalue weighted by atomic mass is 9.89. The number of esters is 1. The van der Waals surface area contributed by atoms with E-state index in [1.807, 2.05) is 13.8 Å². The lowest BCUT2D eigenvalue weighted by Crippen LogP contribution is -2.22. The maximum Gasteiger partial charge on any atom is 0.306 e. The van der Waals surface area contributed by atoms with Crippen molar-refractivity contribution in [2.75, 3.05) is 0 Å². The van der Waals surface area contributed by atoms with Crippen LogP contribution < -0.4 is 0 Å². The van der Waals surface area contributed by atoms with Gasteiger partial charge in [0.25, 0.3) is 6.47 Å². The molecule has 0 radical (unpaired) electrons. The fourth-order valence-electron chi connectivity index (χ4n) is 3.91. The minimum Gasteiger partial charge on any atom is -0.464 e. The first-order chi connectivity index (χ1) is 14.0. The molecule has 4 atom stereocenters. The molecule has 0 aliphatic heterocycles. The van der Waals surface area contributed by atoms with Crippen molar-refractivity contribution in [2.24, 2.45) is 11.8 Å². The normalized spacial score (nSPS) is 24.6. The highest BCUT2D eigenvalue weighted by Crippen LogP contribution is 2.38. The number of aliphatic hydroxyl groups is 1. The van der Waals surface area contributed by atoms with Crippen LogP contribution in [0.5, 0.6) is 0 Å². The van der Waals surface area contributed by atoms with Crippen LogP contribution in [0, 0.1) is 11.8 Å². The van der Waals surface area contributed by atoms with Crippen LogP contribution in [-0.4, -0.2) is 35.9 Å². The number of hydrogen-bond donors (Lipinski definition) is 1. The van der Waals surface area contributed by atoms with E-state index in [9.17, 15) is 14.7 Å². The van der Waals surface area contributed by atoms with Gasteiger partial charge in [0, 0.05) is 24.7 Å². The smallest absolute Gasteiger partial charge is 0.306 e. The third-order valence-corrected chi connectivity index (χ3v) is 5.40. The van der Waals surface area contributed by atoms with Gasteiger partial charge < -0.3 is 14.6 Å². The standard InChI is InChI=1S/C24H40O5/c1-4-5-6-7-8-11-14-20-21(23(28-18-25)17-22(20)26)15-12-9-10-13-16-24(27)29-19(2)3/h9,11-12,14,18-23,26H,4-8,10,13,15-17H2,1-3H3/b12-9-,14-11+/t20-,21-,22-,23+/m1/s1. The van der Waals surface area contributed by atoms with Gasteiger partial charge >= 0.3 is 5.97 Å². The summed E-state index contributed by atoms with van der Waals surface area (Å²) in [5.41, 5.74) is 0. The van der Waals surface area contributed by atoms with Crippen LogP contribution >= 0.6 is 0 Å². The molecule has 0 bridgehead atoms. The molecule has 29 heavy (non-hydrogen) atoms. The van der Waals surface area contributed by atoms with Crippen molar-refractivity contribution in [3.8, 4) is 0 Å². The van der Waals surface area contributed by atoms with Crippen molar-refractivity contribution in [1.82, 2.24) is 0 Å².